The molecule has 0 spiro atoms. The van der Waals surface area contributed by atoms with Crippen LogP contribution in [0.25, 0.3) is 0 Å². The fourth-order valence-corrected chi connectivity index (χ4v) is 0. The monoisotopic (exact) mass is 101 g/mol. The fourth-order valence-electron chi connectivity index (χ4n) is 0. The molecule has 6 heavy (non-hydrogen) atoms. The highest BCUT2D eigenvalue weighted by Gasteiger charge is 1.65. The van der Waals surface area contributed by atoms with Crippen molar-refractivity contribution in [3.05, 3.63) is 10.1 Å². The standard InChI is InChI=1S/FH.HNO3.H2O/c;2-1(3)4;/h1H;(H,2,3,4);1H2. The highest BCUT2D eigenvalue weighted by molar-refractivity contribution is 3.83. The van der Waals surface area contributed by atoms with Crippen molar-refractivity contribution in [3.8, 4) is 0 Å². The van der Waals surface area contributed by atoms with Crippen molar-refractivity contribution in [2.45, 2.75) is 0 Å². The summed E-state index contributed by atoms with van der Waals surface area (Å²) < 4.78 is 0. The molecule has 5 nitrogen and oxygen atoms in total. The van der Waals surface area contributed by atoms with Gasteiger partial charge in [0, 0.05) is 0 Å². The first-order valence-corrected chi connectivity index (χ1v) is 0.565. The molecule has 0 bridgehead atoms. The first kappa shape index (κ1) is 19.5. The topological polar surface area (TPSA) is 94.9 Å². The summed E-state index contributed by atoms with van der Waals surface area (Å²) in [5, 5.41) is 13.6. The Labute approximate surface area is 32.0 Å². The maximum absolute atomic E-state index is 8.36. The molecule has 0 rings (SSSR count). The summed E-state index contributed by atoms with van der Waals surface area (Å²) in [6, 6.07) is 0. The Balaban J connectivity index is -0.0000000450. The quantitative estimate of drug-likeness (QED) is 0.312. The van der Waals surface area contributed by atoms with Crippen LogP contribution in [0.1, 0.15) is 0 Å². The average Bonchev–Trinajstić information content (AvgIpc) is 0.811. The Kier molecular flexibility index (Phi) is 29.0. The van der Waals surface area contributed by atoms with E-state index in [-0.39, 0.29) is 10.2 Å². The molecule has 0 amide bonds. The Morgan fingerprint density at radius 2 is 1.67 bits per heavy atom. The molecule has 40 valence electrons. The van der Waals surface area contributed by atoms with E-state index in [1.54, 1.807) is 0 Å². The van der Waals surface area contributed by atoms with Gasteiger partial charge in [-0.25, -0.2) is 0 Å². The molecule has 0 aliphatic heterocycles. The van der Waals surface area contributed by atoms with Gasteiger partial charge in [0.15, 0.2) is 0 Å². The van der Waals surface area contributed by atoms with Gasteiger partial charge in [-0.05, 0) is 0 Å². The molecule has 0 heterocycles. The summed E-state index contributed by atoms with van der Waals surface area (Å²) >= 11 is 0. The second-order valence-electron chi connectivity index (χ2n) is 0.238. The van der Waals surface area contributed by atoms with Crippen molar-refractivity contribution in [2.75, 3.05) is 0 Å². The van der Waals surface area contributed by atoms with E-state index >= 15 is 0 Å². The lowest BCUT2D eigenvalue weighted by molar-refractivity contribution is -0.742. The Morgan fingerprint density at radius 1 is 1.67 bits per heavy atom. The molecule has 0 radical (unpaired) electrons. The van der Waals surface area contributed by atoms with Crippen molar-refractivity contribution >= 4 is 0 Å². The van der Waals surface area contributed by atoms with Crippen LogP contribution in [0.5, 0.6) is 0 Å². The average molecular weight is 101 g/mol. The summed E-state index contributed by atoms with van der Waals surface area (Å²) in [7, 11) is 0. The van der Waals surface area contributed by atoms with Crippen LogP contribution in [-0.2, 0) is 0 Å². The van der Waals surface area contributed by atoms with Gasteiger partial charge in [-0.15, -0.1) is 10.1 Å². The molecule has 0 saturated heterocycles. The lowest BCUT2D eigenvalue weighted by atomic mass is 13.1. The van der Waals surface area contributed by atoms with Crippen LogP contribution in [0.4, 0.5) is 4.70 Å². The molecular weight excluding hydrogens is 97.0 g/mol. The lowest BCUT2D eigenvalue weighted by Gasteiger charge is -1.56. The highest BCUT2D eigenvalue weighted by atomic mass is 19.0. The Morgan fingerprint density at radius 3 is 1.67 bits per heavy atom. The van der Waals surface area contributed by atoms with Crippen LogP contribution in [0.2, 0.25) is 0 Å². The van der Waals surface area contributed by atoms with Crippen LogP contribution in [0.15, 0.2) is 0 Å². The molecule has 0 unspecified atom stereocenters. The van der Waals surface area contributed by atoms with Crippen molar-refractivity contribution in [1.82, 2.24) is 0 Å². The van der Waals surface area contributed by atoms with Crippen molar-refractivity contribution in [3.63, 3.8) is 0 Å². The smallest absolute Gasteiger partial charge is 0.291 e. The lowest BCUT2D eigenvalue weighted by Crippen LogP contribution is -1.81. The second kappa shape index (κ2) is 8.94. The van der Waals surface area contributed by atoms with E-state index in [1.807, 2.05) is 0 Å². The zero-order chi connectivity index (χ0) is 3.58. The number of nitrogens with zero attached hydrogens (tertiary/aromatic N) is 1. The largest absolute Gasteiger partial charge is 0.412 e. The van der Waals surface area contributed by atoms with Gasteiger partial charge in [-0.1, -0.05) is 0 Å². The van der Waals surface area contributed by atoms with E-state index in [9.17, 15) is 0 Å². The van der Waals surface area contributed by atoms with E-state index in [4.69, 9.17) is 15.3 Å². The third kappa shape index (κ3) is 16.3. The normalized spacial score (nSPS) is 4.00. The van der Waals surface area contributed by atoms with Gasteiger partial charge in [0.2, 0.25) is 0 Å². The summed E-state index contributed by atoms with van der Waals surface area (Å²) in [5.74, 6) is 0. The summed E-state index contributed by atoms with van der Waals surface area (Å²) in [6.45, 7) is 0. The minimum absolute atomic E-state index is 0. The third-order valence-corrected chi connectivity index (χ3v) is 0. The number of halogens is 1. The van der Waals surface area contributed by atoms with Crippen LogP contribution >= 0.6 is 0 Å². The van der Waals surface area contributed by atoms with Crippen molar-refractivity contribution in [1.29, 1.82) is 0 Å². The van der Waals surface area contributed by atoms with Gasteiger partial charge in [-0.2, -0.15) is 0 Å². The predicted molar refractivity (Wildman–Crippen MR) is 14.9 cm³/mol. The van der Waals surface area contributed by atoms with Gasteiger partial charge >= 0.3 is 0 Å². The minimum Gasteiger partial charge on any atom is -0.412 e. The number of hydrogen-bond donors (Lipinski definition) is 1. The summed E-state index contributed by atoms with van der Waals surface area (Å²) in [6.07, 6.45) is 0. The summed E-state index contributed by atoms with van der Waals surface area (Å²) in [4.78, 5) is 8.36. The molecule has 0 aromatic heterocycles. The number of hydrogen-bond acceptors (Lipinski definition) is 2. The van der Waals surface area contributed by atoms with E-state index < -0.39 is 5.09 Å². The molecule has 6 heteroatoms. The maximum Gasteiger partial charge on any atom is 0.291 e. The van der Waals surface area contributed by atoms with Crippen molar-refractivity contribution < 1.29 is 20.5 Å². The first-order chi connectivity index (χ1) is 1.73. The Bertz CT molecular complexity index is 30.5. The van der Waals surface area contributed by atoms with Crippen LogP contribution in [-0.4, -0.2) is 15.8 Å². The second-order valence-corrected chi connectivity index (χ2v) is 0.238. The van der Waals surface area contributed by atoms with E-state index in [0.717, 1.165) is 0 Å². The molecule has 0 atom stereocenters. The van der Waals surface area contributed by atoms with Crippen LogP contribution in [0.3, 0.4) is 0 Å². The fraction of sp³-hybridized carbons (Fsp3) is 0. The molecule has 0 aliphatic rings. The van der Waals surface area contributed by atoms with Gasteiger partial charge in [0.25, 0.3) is 5.09 Å². The maximum atomic E-state index is 8.36. The van der Waals surface area contributed by atoms with E-state index in [0.29, 0.717) is 0 Å². The zero-order valence-electron chi connectivity index (χ0n) is 2.62. The van der Waals surface area contributed by atoms with Gasteiger partial charge in [0.1, 0.15) is 0 Å². The first-order valence-electron chi connectivity index (χ1n) is 0.565. The van der Waals surface area contributed by atoms with Gasteiger partial charge in [0.05, 0.1) is 0 Å². The minimum atomic E-state index is -1.50. The van der Waals surface area contributed by atoms with Crippen LogP contribution in [0, 0.1) is 10.1 Å². The third-order valence-electron chi connectivity index (χ3n) is 0. The van der Waals surface area contributed by atoms with Crippen LogP contribution < -0.4 is 0 Å². The van der Waals surface area contributed by atoms with Gasteiger partial charge < -0.3 is 10.7 Å². The SMILES string of the molecule is F.O.O=[N+]([O-])O. The predicted octanol–water partition coefficient (Wildman–Crippen LogP) is -1.02. The van der Waals surface area contributed by atoms with E-state index in [2.05, 4.69) is 0 Å². The Hall–Kier alpha value is -0.910. The molecule has 3 N–H and O–H groups in total. The molecule has 0 fully saturated rings. The molecule has 0 aromatic rings. The molecule has 0 saturated carbocycles. The van der Waals surface area contributed by atoms with E-state index in [1.165, 1.54) is 0 Å². The summed E-state index contributed by atoms with van der Waals surface area (Å²) in [5.41, 5.74) is 0. The zero-order valence-corrected chi connectivity index (χ0v) is 2.62. The highest BCUT2D eigenvalue weighted by Crippen LogP contribution is 1.38. The number of rotatable bonds is 0. The van der Waals surface area contributed by atoms with Gasteiger partial charge in [-0.3, -0.25) is 4.70 Å². The molecule has 0 aromatic carbocycles. The molecular formula is H4FNO4. The molecule has 0 aliphatic carbocycles. The van der Waals surface area contributed by atoms with Crippen molar-refractivity contribution in [2.24, 2.45) is 0 Å².